The molecule has 0 bridgehead atoms. The molecular formula is C23H34N4O2. The molecule has 3 unspecified atom stereocenters. The van der Waals surface area contributed by atoms with Crippen LogP contribution in [0.3, 0.4) is 0 Å². The smallest absolute Gasteiger partial charge is 0.253 e. The summed E-state index contributed by atoms with van der Waals surface area (Å²) in [6, 6.07) is 8.36. The largest absolute Gasteiger partial charge is 0.377 e. The average Bonchev–Trinajstić information content (AvgIpc) is 3.09. The Balaban J connectivity index is 1.38. The molecule has 0 aromatic heterocycles. The van der Waals surface area contributed by atoms with Gasteiger partial charge in [-0.1, -0.05) is 18.6 Å². The number of aliphatic imine (C=N–C) groups is 1. The lowest BCUT2D eigenvalue weighted by molar-refractivity contribution is -0.171. The highest BCUT2D eigenvalue weighted by atomic mass is 16.5. The molecule has 1 heterocycles. The van der Waals surface area contributed by atoms with E-state index in [0.29, 0.717) is 30.0 Å². The summed E-state index contributed by atoms with van der Waals surface area (Å²) in [5.74, 6) is 1.58. The Morgan fingerprint density at radius 3 is 2.86 bits per heavy atom. The zero-order chi connectivity index (χ0) is 20.4. The van der Waals surface area contributed by atoms with Crippen LogP contribution in [0.15, 0.2) is 29.3 Å². The Hall–Kier alpha value is -2.08. The zero-order valence-electron chi connectivity index (χ0n) is 17.9. The van der Waals surface area contributed by atoms with Gasteiger partial charge in [0.2, 0.25) is 0 Å². The van der Waals surface area contributed by atoms with E-state index in [9.17, 15) is 4.79 Å². The van der Waals surface area contributed by atoms with E-state index in [2.05, 4.69) is 23.6 Å². The highest BCUT2D eigenvalue weighted by molar-refractivity contribution is 5.94. The summed E-state index contributed by atoms with van der Waals surface area (Å²) >= 11 is 0. The summed E-state index contributed by atoms with van der Waals surface area (Å²) in [6.07, 6.45) is 6.32. The van der Waals surface area contributed by atoms with Gasteiger partial charge in [0.05, 0.1) is 6.10 Å². The Labute approximate surface area is 174 Å². The van der Waals surface area contributed by atoms with Crippen LogP contribution >= 0.6 is 0 Å². The van der Waals surface area contributed by atoms with Gasteiger partial charge in [0.1, 0.15) is 0 Å². The number of hydrogen-bond donors (Lipinski definition) is 2. The van der Waals surface area contributed by atoms with Crippen molar-refractivity contribution in [2.75, 3.05) is 33.8 Å². The minimum atomic E-state index is 0.0365. The first-order chi connectivity index (χ1) is 14.0. The fourth-order valence-electron chi connectivity index (χ4n) is 5.34. The van der Waals surface area contributed by atoms with Gasteiger partial charge in [-0.3, -0.25) is 9.79 Å². The number of guanidine groups is 1. The van der Waals surface area contributed by atoms with Crippen molar-refractivity contribution in [1.82, 2.24) is 15.5 Å². The van der Waals surface area contributed by atoms with Gasteiger partial charge in [-0.05, 0) is 50.3 Å². The third-order valence-corrected chi connectivity index (χ3v) is 6.92. The number of carbonyl (C=O) groups is 1. The molecule has 0 radical (unpaired) electrons. The molecule has 3 fully saturated rings. The summed E-state index contributed by atoms with van der Waals surface area (Å²) in [7, 11) is 3.56. The van der Waals surface area contributed by atoms with E-state index in [4.69, 9.17) is 9.73 Å². The van der Waals surface area contributed by atoms with Crippen LogP contribution in [-0.4, -0.2) is 62.7 Å². The second-order valence-corrected chi connectivity index (χ2v) is 8.86. The molecule has 4 rings (SSSR count). The van der Waals surface area contributed by atoms with Gasteiger partial charge in [-0.15, -0.1) is 0 Å². The van der Waals surface area contributed by atoms with Crippen molar-refractivity contribution in [3.05, 3.63) is 35.4 Å². The van der Waals surface area contributed by atoms with Crippen LogP contribution in [0.4, 0.5) is 0 Å². The molecule has 3 atom stereocenters. The quantitative estimate of drug-likeness (QED) is 0.571. The molecule has 2 N–H and O–H groups in total. The minimum Gasteiger partial charge on any atom is -0.377 e. The SMILES string of the molecule is CCNC(=NCCc1cccc(C(=O)N(C)C)c1)NC1C2CCOC2C12CCC2. The third kappa shape index (κ3) is 3.75. The van der Waals surface area contributed by atoms with Crippen LogP contribution in [0, 0.1) is 11.3 Å². The van der Waals surface area contributed by atoms with Gasteiger partial charge in [-0.2, -0.15) is 0 Å². The Kier molecular flexibility index (Phi) is 5.81. The average molecular weight is 399 g/mol. The highest BCUT2D eigenvalue weighted by Gasteiger charge is 2.66. The van der Waals surface area contributed by atoms with Crippen LogP contribution in [0.1, 0.15) is 48.5 Å². The van der Waals surface area contributed by atoms with Crippen molar-refractivity contribution in [3.63, 3.8) is 0 Å². The molecule has 158 valence electrons. The van der Waals surface area contributed by atoms with Crippen molar-refractivity contribution in [1.29, 1.82) is 0 Å². The number of rotatable bonds is 6. The Morgan fingerprint density at radius 1 is 1.34 bits per heavy atom. The molecule has 29 heavy (non-hydrogen) atoms. The van der Waals surface area contributed by atoms with Crippen molar-refractivity contribution in [3.8, 4) is 0 Å². The van der Waals surface area contributed by atoms with Crippen molar-refractivity contribution in [2.24, 2.45) is 16.3 Å². The summed E-state index contributed by atoms with van der Waals surface area (Å²) in [5, 5.41) is 7.16. The number of nitrogens with one attached hydrogen (secondary N) is 2. The number of nitrogens with zero attached hydrogens (tertiary/aromatic N) is 2. The molecule has 1 aromatic carbocycles. The van der Waals surface area contributed by atoms with Crippen molar-refractivity contribution in [2.45, 2.75) is 51.2 Å². The lowest BCUT2D eigenvalue weighted by Gasteiger charge is -2.63. The van der Waals surface area contributed by atoms with Crippen LogP contribution in [-0.2, 0) is 11.2 Å². The lowest BCUT2D eigenvalue weighted by Crippen LogP contribution is -2.72. The number of amides is 1. The topological polar surface area (TPSA) is 66.0 Å². The number of carbonyl (C=O) groups excluding carboxylic acids is 1. The fourth-order valence-corrected chi connectivity index (χ4v) is 5.34. The van der Waals surface area contributed by atoms with Crippen LogP contribution in [0.2, 0.25) is 0 Å². The van der Waals surface area contributed by atoms with Crippen molar-refractivity contribution >= 4 is 11.9 Å². The van der Waals surface area contributed by atoms with Gasteiger partial charge in [0.25, 0.3) is 5.91 Å². The second-order valence-electron chi connectivity index (χ2n) is 8.86. The second kappa shape index (κ2) is 8.34. The molecule has 3 aliphatic rings. The number of fused-ring (bicyclic) bond motifs is 2. The van der Waals surface area contributed by atoms with E-state index < -0.39 is 0 Å². The summed E-state index contributed by atoms with van der Waals surface area (Å²) in [5.41, 5.74) is 2.22. The van der Waals surface area contributed by atoms with Gasteiger partial charge >= 0.3 is 0 Å². The van der Waals surface area contributed by atoms with Crippen LogP contribution in [0.25, 0.3) is 0 Å². The van der Waals surface area contributed by atoms with E-state index >= 15 is 0 Å². The van der Waals surface area contributed by atoms with E-state index in [1.807, 2.05) is 18.2 Å². The molecule has 2 saturated carbocycles. The molecule has 1 aliphatic heterocycles. The summed E-state index contributed by atoms with van der Waals surface area (Å²) in [4.78, 5) is 18.6. The number of hydrogen-bond acceptors (Lipinski definition) is 3. The first-order valence-electron chi connectivity index (χ1n) is 11.0. The Bertz CT molecular complexity index is 772. The van der Waals surface area contributed by atoms with Gasteiger partial charge < -0.3 is 20.3 Å². The maximum atomic E-state index is 12.2. The van der Waals surface area contributed by atoms with E-state index in [-0.39, 0.29) is 5.91 Å². The summed E-state index contributed by atoms with van der Waals surface area (Å²) in [6.45, 7) is 4.56. The first-order valence-corrected chi connectivity index (χ1v) is 11.0. The van der Waals surface area contributed by atoms with Gasteiger partial charge in [0, 0.05) is 56.7 Å². The summed E-state index contributed by atoms with van der Waals surface area (Å²) < 4.78 is 6.04. The Morgan fingerprint density at radius 2 is 2.17 bits per heavy atom. The monoisotopic (exact) mass is 398 g/mol. The minimum absolute atomic E-state index is 0.0365. The first kappa shape index (κ1) is 20.2. The maximum absolute atomic E-state index is 12.2. The lowest BCUT2D eigenvalue weighted by atomic mass is 9.46. The molecule has 1 amide bonds. The van der Waals surface area contributed by atoms with Gasteiger partial charge in [0.15, 0.2) is 5.96 Å². The standard InChI is InChI=1S/C23H34N4O2/c1-4-24-22(26-19-18-10-14-29-20(18)23(19)11-6-12-23)25-13-9-16-7-5-8-17(15-16)21(28)27(2)3/h5,7-8,15,18-20H,4,6,9-14H2,1-3H3,(H2,24,25,26). The van der Waals surface area contributed by atoms with Gasteiger partial charge in [-0.25, -0.2) is 0 Å². The van der Waals surface area contributed by atoms with Crippen LogP contribution < -0.4 is 10.6 Å². The number of ether oxygens (including phenoxy) is 1. The van der Waals surface area contributed by atoms with Crippen molar-refractivity contribution < 1.29 is 9.53 Å². The normalized spacial score (nSPS) is 27.0. The molecule has 2 aliphatic carbocycles. The molecule has 1 aromatic rings. The zero-order valence-corrected chi connectivity index (χ0v) is 17.9. The predicted octanol–water partition coefficient (Wildman–Crippen LogP) is 2.44. The van der Waals surface area contributed by atoms with E-state index in [0.717, 1.165) is 43.1 Å². The number of benzene rings is 1. The molecule has 6 nitrogen and oxygen atoms in total. The highest BCUT2D eigenvalue weighted by Crippen LogP contribution is 2.62. The molecule has 1 spiro atoms. The molecule has 6 heteroatoms. The molecular weight excluding hydrogens is 364 g/mol. The predicted molar refractivity (Wildman–Crippen MR) is 115 cm³/mol. The van der Waals surface area contributed by atoms with E-state index in [1.54, 1.807) is 19.0 Å². The maximum Gasteiger partial charge on any atom is 0.253 e. The third-order valence-electron chi connectivity index (χ3n) is 6.92. The fraction of sp³-hybridized carbons (Fsp3) is 0.652. The van der Waals surface area contributed by atoms with E-state index in [1.165, 1.54) is 19.3 Å². The molecule has 1 saturated heterocycles. The van der Waals surface area contributed by atoms with Crippen LogP contribution in [0.5, 0.6) is 0 Å².